The summed E-state index contributed by atoms with van der Waals surface area (Å²) in [4.78, 5) is 41.3. The molecule has 1 aliphatic rings. The van der Waals surface area contributed by atoms with Crippen LogP contribution in [-0.2, 0) is 16.6 Å². The Balaban J connectivity index is 1.47. The van der Waals surface area contributed by atoms with Crippen LogP contribution in [-0.4, -0.2) is 33.3 Å². The van der Waals surface area contributed by atoms with E-state index < -0.39 is 17.9 Å². The molecule has 2 aromatic carbocycles. The quantitative estimate of drug-likeness (QED) is 0.658. The number of carbonyl (C=O) groups excluding carboxylic acids is 3. The summed E-state index contributed by atoms with van der Waals surface area (Å²) in [5, 5.41) is 8.04. The van der Waals surface area contributed by atoms with Crippen LogP contribution in [0.2, 0.25) is 0 Å². The minimum absolute atomic E-state index is 0.175. The average molecular weight is 363 g/mol. The summed E-state index contributed by atoms with van der Waals surface area (Å²) in [5.74, 6) is -1.20. The topological polar surface area (TPSA) is 105 Å². The summed E-state index contributed by atoms with van der Waals surface area (Å²) in [5.41, 5.74) is 3.08. The first-order valence-corrected chi connectivity index (χ1v) is 8.43. The fourth-order valence-corrected chi connectivity index (χ4v) is 3.07. The zero-order valence-electron chi connectivity index (χ0n) is 14.5. The van der Waals surface area contributed by atoms with E-state index in [1.165, 1.54) is 0 Å². The van der Waals surface area contributed by atoms with Gasteiger partial charge in [0.15, 0.2) is 0 Å². The van der Waals surface area contributed by atoms with Crippen LogP contribution < -0.4 is 16.0 Å². The van der Waals surface area contributed by atoms with Gasteiger partial charge in [-0.3, -0.25) is 14.4 Å². The Morgan fingerprint density at radius 3 is 2.89 bits per heavy atom. The maximum atomic E-state index is 12.4. The highest BCUT2D eigenvalue weighted by Crippen LogP contribution is 2.20. The number of rotatable bonds is 3. The van der Waals surface area contributed by atoms with Crippen molar-refractivity contribution in [3.05, 3.63) is 54.4 Å². The smallest absolute Gasteiger partial charge is 0.254 e. The molecule has 27 heavy (non-hydrogen) atoms. The predicted molar refractivity (Wildman–Crippen MR) is 100 cm³/mol. The highest BCUT2D eigenvalue weighted by molar-refractivity contribution is 6.11. The number of anilines is 2. The number of fused-ring (bicyclic) bond motifs is 2. The largest absolute Gasteiger partial charge is 0.340 e. The molecule has 0 bridgehead atoms. The van der Waals surface area contributed by atoms with Gasteiger partial charge < -0.3 is 20.5 Å². The molecule has 8 heteroatoms. The summed E-state index contributed by atoms with van der Waals surface area (Å²) in [7, 11) is 1.89. The summed E-state index contributed by atoms with van der Waals surface area (Å²) in [6.07, 6.45) is 1.52. The van der Waals surface area contributed by atoms with E-state index in [2.05, 4.69) is 20.9 Å². The molecule has 1 aliphatic heterocycles. The van der Waals surface area contributed by atoms with Crippen LogP contribution in [0.3, 0.4) is 0 Å². The maximum Gasteiger partial charge on any atom is 0.254 e. The summed E-state index contributed by atoms with van der Waals surface area (Å²) in [6, 6.07) is 11.1. The van der Waals surface area contributed by atoms with Crippen LogP contribution in [0.4, 0.5) is 11.4 Å². The molecule has 136 valence electrons. The second-order valence-electron chi connectivity index (χ2n) is 6.37. The van der Waals surface area contributed by atoms with Gasteiger partial charge in [-0.1, -0.05) is 12.1 Å². The van der Waals surface area contributed by atoms with E-state index in [0.717, 1.165) is 11.0 Å². The van der Waals surface area contributed by atoms with Crippen molar-refractivity contribution in [1.82, 2.24) is 14.9 Å². The van der Waals surface area contributed by atoms with Crippen molar-refractivity contribution in [3.63, 3.8) is 0 Å². The number of nitrogens with one attached hydrogen (secondary N) is 3. The first-order valence-electron chi connectivity index (χ1n) is 8.43. The van der Waals surface area contributed by atoms with Gasteiger partial charge in [-0.05, 0) is 30.3 Å². The van der Waals surface area contributed by atoms with E-state index in [1.807, 2.05) is 17.7 Å². The van der Waals surface area contributed by atoms with Crippen molar-refractivity contribution in [3.8, 4) is 0 Å². The normalized spacial score (nSPS) is 16.3. The molecule has 0 fully saturated rings. The Kier molecular flexibility index (Phi) is 4.08. The number of carbonyl (C=O) groups is 3. The molecule has 8 nitrogen and oxygen atoms in total. The molecular formula is C19H17N5O3. The van der Waals surface area contributed by atoms with E-state index in [9.17, 15) is 14.4 Å². The monoisotopic (exact) mass is 363 g/mol. The first kappa shape index (κ1) is 16.8. The van der Waals surface area contributed by atoms with Crippen molar-refractivity contribution < 1.29 is 14.4 Å². The van der Waals surface area contributed by atoms with Crippen LogP contribution in [0.15, 0.2) is 48.8 Å². The Hall–Kier alpha value is -3.68. The number of hydrogen-bond donors (Lipinski definition) is 3. The molecule has 0 radical (unpaired) electrons. The molecule has 0 saturated heterocycles. The lowest BCUT2D eigenvalue weighted by atomic mass is 10.1. The number of nitrogens with zero attached hydrogens (tertiary/aromatic N) is 2. The van der Waals surface area contributed by atoms with Gasteiger partial charge in [0.1, 0.15) is 6.04 Å². The van der Waals surface area contributed by atoms with E-state index in [-0.39, 0.29) is 12.3 Å². The second kappa shape index (κ2) is 6.56. The van der Waals surface area contributed by atoms with Crippen molar-refractivity contribution in [2.24, 2.45) is 7.05 Å². The van der Waals surface area contributed by atoms with Gasteiger partial charge in [-0.25, -0.2) is 4.98 Å². The lowest BCUT2D eigenvalue weighted by molar-refractivity contribution is -0.122. The number of imidazole rings is 1. The van der Waals surface area contributed by atoms with Crippen LogP contribution in [0.5, 0.6) is 0 Å². The van der Waals surface area contributed by atoms with Gasteiger partial charge in [-0.15, -0.1) is 0 Å². The molecule has 2 heterocycles. The fraction of sp³-hybridized carbons (Fsp3) is 0.158. The van der Waals surface area contributed by atoms with Crippen LogP contribution >= 0.6 is 0 Å². The minimum Gasteiger partial charge on any atom is -0.340 e. The maximum absolute atomic E-state index is 12.4. The minimum atomic E-state index is -0.955. The predicted octanol–water partition coefficient (Wildman–Crippen LogP) is 1.65. The van der Waals surface area contributed by atoms with Gasteiger partial charge >= 0.3 is 0 Å². The van der Waals surface area contributed by atoms with Gasteiger partial charge in [0, 0.05) is 12.7 Å². The Morgan fingerprint density at radius 2 is 2.04 bits per heavy atom. The third-order valence-electron chi connectivity index (χ3n) is 4.45. The highest BCUT2D eigenvalue weighted by atomic mass is 16.2. The number of hydrogen-bond acceptors (Lipinski definition) is 4. The number of aryl methyl sites for hydroxylation is 1. The van der Waals surface area contributed by atoms with Crippen molar-refractivity contribution >= 4 is 40.1 Å². The standard InChI is InChI=1S/C19H17N5O3/c1-24-10-20-14-8-11(6-7-16(14)24)21-17(25)9-15-19(27)22-13-5-3-2-4-12(13)18(26)23-15/h2-8,10,15H,9H2,1H3,(H,21,25)(H,22,27)(H,23,26)/t15-/m1/s1. The third kappa shape index (κ3) is 3.24. The van der Waals surface area contributed by atoms with Crippen LogP contribution in [0.1, 0.15) is 16.8 Å². The molecule has 1 aromatic heterocycles. The molecule has 4 rings (SSSR count). The molecule has 0 aliphatic carbocycles. The van der Waals surface area contributed by atoms with Gasteiger partial charge in [-0.2, -0.15) is 0 Å². The van der Waals surface area contributed by atoms with Crippen molar-refractivity contribution in [2.45, 2.75) is 12.5 Å². The van der Waals surface area contributed by atoms with Crippen LogP contribution in [0, 0.1) is 0 Å². The molecular weight excluding hydrogens is 346 g/mol. The van der Waals surface area contributed by atoms with Crippen LogP contribution in [0.25, 0.3) is 11.0 Å². The number of amides is 3. The van der Waals surface area contributed by atoms with E-state index >= 15 is 0 Å². The average Bonchev–Trinajstić information content (AvgIpc) is 2.96. The molecule has 3 amide bonds. The number of benzene rings is 2. The molecule has 0 spiro atoms. The molecule has 3 N–H and O–H groups in total. The fourth-order valence-electron chi connectivity index (χ4n) is 3.07. The lowest BCUT2D eigenvalue weighted by Gasteiger charge is -2.14. The summed E-state index contributed by atoms with van der Waals surface area (Å²) < 4.78 is 1.88. The summed E-state index contributed by atoms with van der Waals surface area (Å²) in [6.45, 7) is 0. The van der Waals surface area contributed by atoms with Gasteiger partial charge in [0.25, 0.3) is 5.91 Å². The molecule has 0 unspecified atom stereocenters. The zero-order chi connectivity index (χ0) is 19.0. The number of para-hydroxylation sites is 1. The van der Waals surface area contributed by atoms with E-state index in [4.69, 9.17) is 0 Å². The number of aromatic nitrogens is 2. The lowest BCUT2D eigenvalue weighted by Crippen LogP contribution is -2.43. The Morgan fingerprint density at radius 1 is 1.22 bits per heavy atom. The first-order chi connectivity index (χ1) is 13.0. The molecule has 1 atom stereocenters. The van der Waals surface area contributed by atoms with Crippen molar-refractivity contribution in [1.29, 1.82) is 0 Å². The van der Waals surface area contributed by atoms with Gasteiger partial charge in [0.2, 0.25) is 11.8 Å². The van der Waals surface area contributed by atoms with E-state index in [1.54, 1.807) is 42.7 Å². The Bertz CT molecular complexity index is 1070. The second-order valence-corrected chi connectivity index (χ2v) is 6.37. The van der Waals surface area contributed by atoms with Gasteiger partial charge in [0.05, 0.1) is 35.0 Å². The molecule has 0 saturated carbocycles. The molecule has 3 aromatic rings. The SMILES string of the molecule is Cn1cnc2cc(NC(=O)C[C@H]3NC(=O)c4ccccc4NC3=O)ccc21. The van der Waals surface area contributed by atoms with Crippen molar-refractivity contribution in [2.75, 3.05) is 10.6 Å². The summed E-state index contributed by atoms with van der Waals surface area (Å²) >= 11 is 0. The zero-order valence-corrected chi connectivity index (χ0v) is 14.5. The van der Waals surface area contributed by atoms with E-state index in [0.29, 0.717) is 16.9 Å². The highest BCUT2D eigenvalue weighted by Gasteiger charge is 2.29. The third-order valence-corrected chi connectivity index (χ3v) is 4.45. The Labute approximate surface area is 154 Å².